The molecule has 1 atom stereocenters. The van der Waals surface area contributed by atoms with Crippen LogP contribution in [-0.4, -0.2) is 17.3 Å². The van der Waals surface area contributed by atoms with Gasteiger partial charge < -0.3 is 15.0 Å². The maximum absolute atomic E-state index is 5.75. The monoisotopic (exact) mass is 253 g/mol. The molecule has 0 aliphatic heterocycles. The van der Waals surface area contributed by atoms with Crippen molar-refractivity contribution >= 4 is 0 Å². The fourth-order valence-corrected chi connectivity index (χ4v) is 2.45. The molecule has 1 aromatic rings. The first-order valence-electron chi connectivity index (χ1n) is 6.53. The molecule has 0 saturated heterocycles. The van der Waals surface area contributed by atoms with E-state index in [1.807, 2.05) is 6.92 Å². The van der Waals surface area contributed by atoms with Crippen LogP contribution in [0.15, 0.2) is 4.52 Å². The van der Waals surface area contributed by atoms with Crippen LogP contribution in [0.25, 0.3) is 0 Å². The highest BCUT2D eigenvalue weighted by Crippen LogP contribution is 2.46. The van der Waals surface area contributed by atoms with Gasteiger partial charge in [-0.05, 0) is 38.0 Å². The molecule has 1 aromatic heterocycles. The van der Waals surface area contributed by atoms with Gasteiger partial charge in [0.25, 0.3) is 0 Å². The van der Waals surface area contributed by atoms with E-state index in [2.05, 4.69) is 24.0 Å². The lowest BCUT2D eigenvalue weighted by atomic mass is 9.70. The van der Waals surface area contributed by atoms with E-state index < -0.39 is 5.60 Å². The normalized spacial score (nSPS) is 23.8. The minimum absolute atomic E-state index is 0.236. The van der Waals surface area contributed by atoms with E-state index >= 15 is 0 Å². The number of nitrogens with zero attached hydrogens (tertiary/aromatic N) is 2. The number of methoxy groups -OCH3 is 1. The van der Waals surface area contributed by atoms with Crippen LogP contribution in [0.5, 0.6) is 0 Å². The van der Waals surface area contributed by atoms with Crippen LogP contribution in [-0.2, 0) is 10.3 Å². The van der Waals surface area contributed by atoms with Gasteiger partial charge in [-0.3, -0.25) is 0 Å². The third kappa shape index (κ3) is 2.42. The number of rotatable bonds is 3. The molecule has 1 heterocycles. The first kappa shape index (κ1) is 13.5. The highest BCUT2D eigenvalue weighted by atomic mass is 16.5. The molecule has 1 aliphatic carbocycles. The average molecular weight is 253 g/mol. The van der Waals surface area contributed by atoms with Gasteiger partial charge in [-0.15, -0.1) is 0 Å². The molecule has 1 aliphatic rings. The van der Waals surface area contributed by atoms with Crippen molar-refractivity contribution in [3.05, 3.63) is 11.7 Å². The van der Waals surface area contributed by atoms with Crippen molar-refractivity contribution in [2.45, 2.75) is 58.1 Å². The summed E-state index contributed by atoms with van der Waals surface area (Å²) in [4.78, 5) is 4.40. The second-order valence-corrected chi connectivity index (χ2v) is 6.11. The van der Waals surface area contributed by atoms with Crippen LogP contribution in [0.1, 0.15) is 64.2 Å². The number of hydrogen-bond acceptors (Lipinski definition) is 5. The lowest BCUT2D eigenvalue weighted by Gasteiger charge is -2.40. The zero-order chi connectivity index (χ0) is 13.4. The van der Waals surface area contributed by atoms with Crippen LogP contribution in [0, 0.1) is 5.41 Å². The maximum atomic E-state index is 5.75. The predicted molar refractivity (Wildman–Crippen MR) is 67.8 cm³/mol. The van der Waals surface area contributed by atoms with Crippen LogP contribution in [0.2, 0.25) is 0 Å². The Kier molecular flexibility index (Phi) is 3.47. The number of nitrogens with two attached hydrogens (primary N) is 1. The van der Waals surface area contributed by atoms with Crippen LogP contribution in [0.3, 0.4) is 0 Å². The smallest absolute Gasteiger partial charge is 0.243 e. The topological polar surface area (TPSA) is 74.2 Å². The fraction of sp³-hybridized carbons (Fsp3) is 0.846. The lowest BCUT2D eigenvalue weighted by molar-refractivity contribution is -0.0740. The van der Waals surface area contributed by atoms with Gasteiger partial charge in [0.2, 0.25) is 11.7 Å². The Hall–Kier alpha value is -0.940. The Morgan fingerprint density at radius 3 is 2.33 bits per heavy atom. The van der Waals surface area contributed by atoms with E-state index in [4.69, 9.17) is 15.0 Å². The van der Waals surface area contributed by atoms with Crippen LogP contribution < -0.4 is 5.73 Å². The minimum atomic E-state index is -0.397. The number of aromatic nitrogens is 2. The van der Waals surface area contributed by atoms with Gasteiger partial charge in [0, 0.05) is 7.11 Å². The van der Waals surface area contributed by atoms with Crippen LogP contribution >= 0.6 is 0 Å². The highest BCUT2D eigenvalue weighted by Gasteiger charge is 2.43. The molecule has 0 amide bonds. The molecule has 1 saturated carbocycles. The van der Waals surface area contributed by atoms with Gasteiger partial charge in [-0.25, -0.2) is 0 Å². The van der Waals surface area contributed by atoms with E-state index in [0.717, 1.165) is 25.7 Å². The summed E-state index contributed by atoms with van der Waals surface area (Å²) >= 11 is 0. The first-order valence-corrected chi connectivity index (χ1v) is 6.53. The molecular formula is C13H23N3O2. The summed E-state index contributed by atoms with van der Waals surface area (Å²) < 4.78 is 10.9. The summed E-state index contributed by atoms with van der Waals surface area (Å²) in [5, 5.41) is 4.06. The summed E-state index contributed by atoms with van der Waals surface area (Å²) in [6, 6.07) is -0.236. The molecular weight excluding hydrogens is 230 g/mol. The van der Waals surface area contributed by atoms with E-state index in [1.54, 1.807) is 7.11 Å². The van der Waals surface area contributed by atoms with Crippen molar-refractivity contribution < 1.29 is 9.26 Å². The Bertz CT molecular complexity index is 402. The quantitative estimate of drug-likeness (QED) is 0.896. The van der Waals surface area contributed by atoms with Gasteiger partial charge >= 0.3 is 0 Å². The van der Waals surface area contributed by atoms with E-state index in [9.17, 15) is 0 Å². The van der Waals surface area contributed by atoms with E-state index in [-0.39, 0.29) is 6.04 Å². The van der Waals surface area contributed by atoms with E-state index in [0.29, 0.717) is 17.1 Å². The summed E-state index contributed by atoms with van der Waals surface area (Å²) in [5.41, 5.74) is 5.72. The molecule has 2 rings (SSSR count). The van der Waals surface area contributed by atoms with E-state index in [1.165, 1.54) is 0 Å². The molecule has 5 nitrogen and oxygen atoms in total. The lowest BCUT2D eigenvalue weighted by Crippen LogP contribution is -2.37. The zero-order valence-electron chi connectivity index (χ0n) is 11.7. The van der Waals surface area contributed by atoms with Crippen molar-refractivity contribution in [3.8, 4) is 0 Å². The second-order valence-electron chi connectivity index (χ2n) is 6.11. The Labute approximate surface area is 108 Å². The van der Waals surface area contributed by atoms with Gasteiger partial charge in [0.15, 0.2) is 0 Å². The highest BCUT2D eigenvalue weighted by molar-refractivity contribution is 5.06. The summed E-state index contributed by atoms with van der Waals surface area (Å²) in [5.74, 6) is 1.12. The first-order chi connectivity index (χ1) is 8.38. The summed E-state index contributed by atoms with van der Waals surface area (Å²) in [6.07, 6.45) is 4.05. The fourth-order valence-electron chi connectivity index (χ4n) is 2.45. The van der Waals surface area contributed by atoms with Gasteiger partial charge in [0.05, 0.1) is 6.04 Å². The standard InChI is InChI=1S/C13H23N3O2/c1-9(14)10-15-11(16-18-10)13(17-4)7-5-12(2,3)6-8-13/h9H,5-8,14H2,1-4H3/t9-/m1/s1. The third-order valence-corrected chi connectivity index (χ3v) is 4.04. The summed E-state index contributed by atoms with van der Waals surface area (Å²) in [7, 11) is 1.72. The second kappa shape index (κ2) is 4.63. The van der Waals surface area contributed by atoms with Gasteiger partial charge in [0.1, 0.15) is 5.60 Å². The molecule has 1 fully saturated rings. The largest absolute Gasteiger partial charge is 0.370 e. The summed E-state index contributed by atoms with van der Waals surface area (Å²) in [6.45, 7) is 6.41. The Morgan fingerprint density at radius 2 is 1.89 bits per heavy atom. The molecule has 0 unspecified atom stereocenters. The molecule has 2 N–H and O–H groups in total. The molecule has 0 spiro atoms. The number of ether oxygens (including phenoxy) is 1. The van der Waals surface area contributed by atoms with Crippen LogP contribution in [0.4, 0.5) is 0 Å². The SMILES string of the molecule is COC1(c2noc([C@@H](C)N)n2)CCC(C)(C)CC1. The van der Waals surface area contributed by atoms with Gasteiger partial charge in [-0.1, -0.05) is 19.0 Å². The molecule has 0 radical (unpaired) electrons. The zero-order valence-corrected chi connectivity index (χ0v) is 11.7. The molecule has 102 valence electrons. The Balaban J connectivity index is 2.22. The average Bonchev–Trinajstić information content (AvgIpc) is 2.80. The van der Waals surface area contributed by atoms with Crippen molar-refractivity contribution in [2.75, 3.05) is 7.11 Å². The van der Waals surface area contributed by atoms with Gasteiger partial charge in [-0.2, -0.15) is 4.98 Å². The molecule has 5 heteroatoms. The molecule has 18 heavy (non-hydrogen) atoms. The predicted octanol–water partition coefficient (Wildman–Crippen LogP) is 2.53. The maximum Gasteiger partial charge on any atom is 0.243 e. The third-order valence-electron chi connectivity index (χ3n) is 4.04. The Morgan fingerprint density at radius 1 is 1.28 bits per heavy atom. The van der Waals surface area contributed by atoms with Crippen molar-refractivity contribution in [1.29, 1.82) is 0 Å². The molecule has 0 bridgehead atoms. The van der Waals surface area contributed by atoms with Crippen molar-refractivity contribution in [3.63, 3.8) is 0 Å². The van der Waals surface area contributed by atoms with Crippen molar-refractivity contribution in [2.24, 2.45) is 11.1 Å². The van der Waals surface area contributed by atoms with Crippen molar-refractivity contribution in [1.82, 2.24) is 10.1 Å². The minimum Gasteiger partial charge on any atom is -0.370 e. The molecule has 0 aromatic carbocycles. The number of hydrogen-bond donors (Lipinski definition) is 1.